The number of anilines is 1. The molecular weight excluding hydrogens is 328 g/mol. The van der Waals surface area contributed by atoms with Gasteiger partial charge in [0.15, 0.2) is 6.61 Å². The van der Waals surface area contributed by atoms with Crippen LogP contribution in [0.15, 0.2) is 60.2 Å². The number of likely N-dealkylation sites (N-methyl/N-ethyl adjacent to an activating group) is 1. The average molecular weight is 348 g/mol. The Balaban J connectivity index is 2.02. The van der Waals surface area contributed by atoms with E-state index in [-0.39, 0.29) is 11.5 Å². The quantitative estimate of drug-likeness (QED) is 0.455. The van der Waals surface area contributed by atoms with Crippen molar-refractivity contribution in [3.63, 3.8) is 0 Å². The molecule has 5 nitrogen and oxygen atoms in total. The van der Waals surface area contributed by atoms with Crippen LogP contribution in [0.2, 0.25) is 0 Å². The monoisotopic (exact) mass is 348 g/mol. The summed E-state index contributed by atoms with van der Waals surface area (Å²) in [6.07, 6.45) is 1.45. The SMILES string of the molecule is CCN(C(=O)COC(=O)/C(C#N)=C/c1ccc(C)cc1)c1ccccc1. The zero-order valence-corrected chi connectivity index (χ0v) is 14.8. The van der Waals surface area contributed by atoms with E-state index in [1.807, 2.05) is 50.2 Å². The number of nitrogens with zero attached hydrogens (tertiary/aromatic N) is 2. The van der Waals surface area contributed by atoms with E-state index in [0.29, 0.717) is 6.54 Å². The lowest BCUT2D eigenvalue weighted by molar-refractivity contribution is -0.143. The van der Waals surface area contributed by atoms with Crippen LogP contribution < -0.4 is 4.90 Å². The molecule has 0 aliphatic rings. The third kappa shape index (κ3) is 5.05. The van der Waals surface area contributed by atoms with Crippen LogP contribution in [-0.2, 0) is 14.3 Å². The number of carbonyl (C=O) groups excluding carboxylic acids is 2. The van der Waals surface area contributed by atoms with Crippen molar-refractivity contribution >= 4 is 23.6 Å². The molecule has 2 rings (SSSR count). The van der Waals surface area contributed by atoms with E-state index < -0.39 is 12.6 Å². The molecule has 0 aromatic heterocycles. The van der Waals surface area contributed by atoms with Gasteiger partial charge in [-0.15, -0.1) is 0 Å². The van der Waals surface area contributed by atoms with E-state index >= 15 is 0 Å². The number of esters is 1. The Morgan fingerprint density at radius 3 is 2.35 bits per heavy atom. The minimum atomic E-state index is -0.814. The molecule has 0 unspecified atom stereocenters. The standard InChI is InChI=1S/C21H20N2O3/c1-3-23(19-7-5-4-6-8-19)20(24)15-26-21(25)18(14-22)13-17-11-9-16(2)10-12-17/h4-13H,3,15H2,1-2H3/b18-13+. The summed E-state index contributed by atoms with van der Waals surface area (Å²) < 4.78 is 5.04. The number of ether oxygens (including phenoxy) is 1. The number of hydrogen-bond donors (Lipinski definition) is 0. The van der Waals surface area contributed by atoms with Gasteiger partial charge in [-0.3, -0.25) is 4.79 Å². The molecule has 0 saturated heterocycles. The first-order valence-electron chi connectivity index (χ1n) is 8.26. The molecule has 0 radical (unpaired) electrons. The predicted octanol–water partition coefficient (Wildman–Crippen LogP) is 3.50. The fourth-order valence-corrected chi connectivity index (χ4v) is 2.36. The maximum atomic E-state index is 12.3. The fourth-order valence-electron chi connectivity index (χ4n) is 2.36. The summed E-state index contributed by atoms with van der Waals surface area (Å²) in [5.74, 6) is -1.16. The average Bonchev–Trinajstić information content (AvgIpc) is 2.67. The Morgan fingerprint density at radius 1 is 1.12 bits per heavy atom. The number of amides is 1. The predicted molar refractivity (Wildman–Crippen MR) is 100 cm³/mol. The highest BCUT2D eigenvalue weighted by Gasteiger charge is 2.18. The lowest BCUT2D eigenvalue weighted by atomic mass is 10.1. The van der Waals surface area contributed by atoms with Crippen molar-refractivity contribution in [2.45, 2.75) is 13.8 Å². The van der Waals surface area contributed by atoms with E-state index in [4.69, 9.17) is 4.74 Å². The molecule has 0 saturated carbocycles. The Morgan fingerprint density at radius 2 is 1.77 bits per heavy atom. The van der Waals surface area contributed by atoms with Gasteiger partial charge in [0.05, 0.1) is 0 Å². The summed E-state index contributed by atoms with van der Waals surface area (Å²) >= 11 is 0. The van der Waals surface area contributed by atoms with Crippen LogP contribution in [0.3, 0.4) is 0 Å². The topological polar surface area (TPSA) is 70.4 Å². The maximum Gasteiger partial charge on any atom is 0.349 e. The van der Waals surface area contributed by atoms with Crippen LogP contribution in [0.25, 0.3) is 6.08 Å². The van der Waals surface area contributed by atoms with Crippen LogP contribution in [0, 0.1) is 18.3 Å². The van der Waals surface area contributed by atoms with Gasteiger partial charge in [0, 0.05) is 12.2 Å². The van der Waals surface area contributed by atoms with Crippen molar-refractivity contribution in [1.29, 1.82) is 5.26 Å². The molecule has 0 heterocycles. The third-order valence-electron chi connectivity index (χ3n) is 3.74. The molecule has 0 fully saturated rings. The first-order chi connectivity index (χ1) is 12.5. The van der Waals surface area contributed by atoms with Gasteiger partial charge < -0.3 is 9.64 Å². The second kappa shape index (κ2) is 9.19. The van der Waals surface area contributed by atoms with Gasteiger partial charge in [-0.1, -0.05) is 48.0 Å². The van der Waals surface area contributed by atoms with E-state index in [2.05, 4.69) is 0 Å². The van der Waals surface area contributed by atoms with Gasteiger partial charge in [-0.2, -0.15) is 5.26 Å². The van der Waals surface area contributed by atoms with Gasteiger partial charge in [-0.05, 0) is 37.6 Å². The normalized spacial score (nSPS) is 10.7. The zero-order chi connectivity index (χ0) is 18.9. The van der Waals surface area contributed by atoms with Crippen molar-refractivity contribution in [2.75, 3.05) is 18.1 Å². The van der Waals surface area contributed by atoms with Crippen LogP contribution >= 0.6 is 0 Å². The second-order valence-corrected chi connectivity index (χ2v) is 5.63. The van der Waals surface area contributed by atoms with Crippen LogP contribution in [0.1, 0.15) is 18.1 Å². The van der Waals surface area contributed by atoms with Crippen molar-refractivity contribution in [1.82, 2.24) is 0 Å². The van der Waals surface area contributed by atoms with E-state index in [1.54, 1.807) is 24.3 Å². The molecule has 0 spiro atoms. The van der Waals surface area contributed by atoms with Crippen LogP contribution in [-0.4, -0.2) is 25.0 Å². The molecule has 0 atom stereocenters. The number of aryl methyl sites for hydroxylation is 1. The number of hydrogen-bond acceptors (Lipinski definition) is 4. The van der Waals surface area contributed by atoms with E-state index in [1.165, 1.54) is 11.0 Å². The number of benzene rings is 2. The summed E-state index contributed by atoms with van der Waals surface area (Å²) in [5.41, 5.74) is 2.38. The molecule has 5 heteroatoms. The Kier molecular flexibility index (Phi) is 6.69. The third-order valence-corrected chi connectivity index (χ3v) is 3.74. The highest BCUT2D eigenvalue weighted by Crippen LogP contribution is 2.14. The number of para-hydroxylation sites is 1. The molecule has 26 heavy (non-hydrogen) atoms. The Bertz CT molecular complexity index is 834. The highest BCUT2D eigenvalue weighted by atomic mass is 16.5. The van der Waals surface area contributed by atoms with Gasteiger partial charge in [-0.25, -0.2) is 4.79 Å². The highest BCUT2D eigenvalue weighted by molar-refractivity contribution is 6.00. The minimum Gasteiger partial charge on any atom is -0.451 e. The first-order valence-corrected chi connectivity index (χ1v) is 8.26. The molecule has 2 aromatic carbocycles. The van der Waals surface area contributed by atoms with Crippen LogP contribution in [0.5, 0.6) is 0 Å². The first kappa shape index (κ1) is 18.9. The van der Waals surface area contributed by atoms with Gasteiger partial charge in [0.1, 0.15) is 11.6 Å². The number of nitriles is 1. The van der Waals surface area contributed by atoms with E-state index in [9.17, 15) is 14.9 Å². The summed E-state index contributed by atoms with van der Waals surface area (Å²) in [4.78, 5) is 26.0. The summed E-state index contributed by atoms with van der Waals surface area (Å²) in [7, 11) is 0. The molecule has 0 bridgehead atoms. The lowest BCUT2D eigenvalue weighted by Gasteiger charge is -2.20. The Hall–Kier alpha value is -3.39. The van der Waals surface area contributed by atoms with Gasteiger partial charge in [0.25, 0.3) is 5.91 Å². The Labute approximate surface area is 153 Å². The summed E-state index contributed by atoms with van der Waals surface area (Å²) in [6.45, 7) is 3.81. The number of carbonyl (C=O) groups is 2. The smallest absolute Gasteiger partial charge is 0.349 e. The molecular formula is C21H20N2O3. The molecule has 0 aliphatic heterocycles. The van der Waals surface area contributed by atoms with Gasteiger partial charge in [0.2, 0.25) is 0 Å². The van der Waals surface area contributed by atoms with Gasteiger partial charge >= 0.3 is 5.97 Å². The molecule has 0 aliphatic carbocycles. The number of rotatable bonds is 6. The zero-order valence-electron chi connectivity index (χ0n) is 14.8. The van der Waals surface area contributed by atoms with Crippen molar-refractivity contribution in [3.05, 3.63) is 71.3 Å². The summed E-state index contributed by atoms with van der Waals surface area (Å²) in [5, 5.41) is 9.20. The van der Waals surface area contributed by atoms with Crippen molar-refractivity contribution < 1.29 is 14.3 Å². The second-order valence-electron chi connectivity index (χ2n) is 5.63. The molecule has 2 aromatic rings. The lowest BCUT2D eigenvalue weighted by Crippen LogP contribution is -2.34. The molecule has 132 valence electrons. The maximum absolute atomic E-state index is 12.3. The van der Waals surface area contributed by atoms with Crippen molar-refractivity contribution in [2.24, 2.45) is 0 Å². The fraction of sp³-hybridized carbons (Fsp3) is 0.190. The molecule has 1 amide bonds. The van der Waals surface area contributed by atoms with Crippen LogP contribution in [0.4, 0.5) is 5.69 Å². The minimum absolute atomic E-state index is 0.149. The summed E-state index contributed by atoms with van der Waals surface area (Å²) in [6, 6.07) is 18.3. The molecule has 0 N–H and O–H groups in total. The van der Waals surface area contributed by atoms with Crippen molar-refractivity contribution in [3.8, 4) is 6.07 Å². The van der Waals surface area contributed by atoms with E-state index in [0.717, 1.165) is 16.8 Å². The largest absolute Gasteiger partial charge is 0.451 e.